The van der Waals surface area contributed by atoms with Crippen molar-refractivity contribution in [2.24, 2.45) is 0 Å². The Kier molecular flexibility index (Phi) is 4.61. The molecule has 0 radical (unpaired) electrons. The SMILES string of the molecule is Cc1ccc(C(C)C)c(Oc2ncc(F)cc2CCl)c1. The van der Waals surface area contributed by atoms with E-state index in [0.717, 1.165) is 23.1 Å². The molecule has 0 bridgehead atoms. The molecule has 1 aromatic carbocycles. The van der Waals surface area contributed by atoms with Crippen LogP contribution in [0.2, 0.25) is 0 Å². The van der Waals surface area contributed by atoms with Gasteiger partial charge in [-0.15, -0.1) is 11.6 Å². The summed E-state index contributed by atoms with van der Waals surface area (Å²) in [6.07, 6.45) is 1.14. The molecule has 0 saturated carbocycles. The maximum Gasteiger partial charge on any atom is 0.223 e. The van der Waals surface area contributed by atoms with Gasteiger partial charge in [-0.2, -0.15) is 0 Å². The molecule has 0 N–H and O–H groups in total. The van der Waals surface area contributed by atoms with E-state index in [2.05, 4.69) is 18.8 Å². The lowest BCUT2D eigenvalue weighted by atomic mass is 10.0. The van der Waals surface area contributed by atoms with Gasteiger partial charge in [-0.05, 0) is 36.1 Å². The first kappa shape index (κ1) is 14.8. The number of alkyl halides is 1. The van der Waals surface area contributed by atoms with Crippen molar-refractivity contribution in [2.45, 2.75) is 32.6 Å². The molecule has 0 atom stereocenters. The summed E-state index contributed by atoms with van der Waals surface area (Å²) >= 11 is 5.82. The van der Waals surface area contributed by atoms with E-state index in [9.17, 15) is 4.39 Å². The van der Waals surface area contributed by atoms with Crippen LogP contribution in [0.5, 0.6) is 11.6 Å². The molecule has 2 aromatic rings. The lowest BCUT2D eigenvalue weighted by molar-refractivity contribution is 0.446. The fourth-order valence-electron chi connectivity index (χ4n) is 1.97. The average molecular weight is 294 g/mol. The molecular weight excluding hydrogens is 277 g/mol. The first-order valence-electron chi connectivity index (χ1n) is 6.50. The minimum Gasteiger partial charge on any atom is -0.438 e. The zero-order valence-electron chi connectivity index (χ0n) is 11.8. The molecule has 2 nitrogen and oxygen atoms in total. The van der Waals surface area contributed by atoms with E-state index in [0.29, 0.717) is 17.4 Å². The zero-order valence-corrected chi connectivity index (χ0v) is 12.5. The Bertz CT molecular complexity index is 613. The third-order valence-electron chi connectivity index (χ3n) is 3.03. The van der Waals surface area contributed by atoms with Gasteiger partial charge in [-0.3, -0.25) is 0 Å². The molecule has 0 aliphatic carbocycles. The highest BCUT2D eigenvalue weighted by molar-refractivity contribution is 6.17. The van der Waals surface area contributed by atoms with Crippen LogP contribution in [0.3, 0.4) is 0 Å². The maximum absolute atomic E-state index is 13.2. The van der Waals surface area contributed by atoms with Gasteiger partial charge in [0.05, 0.1) is 12.1 Å². The molecule has 0 amide bonds. The molecule has 0 spiro atoms. The fraction of sp³-hybridized carbons (Fsp3) is 0.312. The van der Waals surface area contributed by atoms with E-state index in [1.54, 1.807) is 0 Å². The van der Waals surface area contributed by atoms with E-state index in [-0.39, 0.29) is 5.88 Å². The molecule has 4 heteroatoms. The van der Waals surface area contributed by atoms with Gasteiger partial charge in [-0.1, -0.05) is 26.0 Å². The van der Waals surface area contributed by atoms with Crippen molar-refractivity contribution in [3.63, 3.8) is 0 Å². The van der Waals surface area contributed by atoms with Crippen molar-refractivity contribution in [3.05, 3.63) is 53.0 Å². The van der Waals surface area contributed by atoms with Crippen LogP contribution in [0.25, 0.3) is 0 Å². The predicted octanol–water partition coefficient (Wildman–Crippen LogP) is 5.18. The van der Waals surface area contributed by atoms with Crippen LogP contribution in [0.4, 0.5) is 4.39 Å². The first-order valence-corrected chi connectivity index (χ1v) is 7.03. The molecule has 106 valence electrons. The van der Waals surface area contributed by atoms with Crippen LogP contribution in [0.15, 0.2) is 30.5 Å². The number of hydrogen-bond donors (Lipinski definition) is 0. The number of hydrogen-bond acceptors (Lipinski definition) is 2. The second-order valence-electron chi connectivity index (χ2n) is 5.05. The summed E-state index contributed by atoms with van der Waals surface area (Å²) in [7, 11) is 0. The molecular formula is C16H17ClFNO. The van der Waals surface area contributed by atoms with Crippen molar-refractivity contribution >= 4 is 11.6 Å². The third-order valence-corrected chi connectivity index (χ3v) is 3.32. The number of rotatable bonds is 4. The van der Waals surface area contributed by atoms with Gasteiger partial charge in [0.25, 0.3) is 0 Å². The highest BCUT2D eigenvalue weighted by Gasteiger charge is 2.13. The summed E-state index contributed by atoms with van der Waals surface area (Å²) in [4.78, 5) is 3.99. The van der Waals surface area contributed by atoms with Gasteiger partial charge >= 0.3 is 0 Å². The second-order valence-corrected chi connectivity index (χ2v) is 5.32. The number of aromatic nitrogens is 1. The van der Waals surface area contributed by atoms with E-state index in [4.69, 9.17) is 16.3 Å². The quantitative estimate of drug-likeness (QED) is 0.724. The van der Waals surface area contributed by atoms with Gasteiger partial charge in [0.1, 0.15) is 11.6 Å². The standard InChI is InChI=1S/C16H17ClFNO/c1-10(2)14-5-4-11(3)6-15(14)20-16-12(8-17)7-13(18)9-19-16/h4-7,9-10H,8H2,1-3H3. The van der Waals surface area contributed by atoms with Crippen molar-refractivity contribution in [1.82, 2.24) is 4.98 Å². The third kappa shape index (κ3) is 3.28. The highest BCUT2D eigenvalue weighted by atomic mass is 35.5. The summed E-state index contributed by atoms with van der Waals surface area (Å²) < 4.78 is 19.0. The van der Waals surface area contributed by atoms with Crippen LogP contribution < -0.4 is 4.74 Å². The second kappa shape index (κ2) is 6.23. The number of ether oxygens (including phenoxy) is 1. The van der Waals surface area contributed by atoms with Crippen LogP contribution >= 0.6 is 11.6 Å². The Labute approximate surface area is 123 Å². The van der Waals surface area contributed by atoms with Crippen LogP contribution in [0, 0.1) is 12.7 Å². The molecule has 1 heterocycles. The summed E-state index contributed by atoms with van der Waals surface area (Å²) in [5, 5.41) is 0. The van der Waals surface area contributed by atoms with Crippen LogP contribution in [-0.4, -0.2) is 4.98 Å². The van der Waals surface area contributed by atoms with Crippen LogP contribution in [0.1, 0.15) is 36.5 Å². The molecule has 0 unspecified atom stereocenters. The van der Waals surface area contributed by atoms with Gasteiger partial charge in [0.2, 0.25) is 5.88 Å². The summed E-state index contributed by atoms with van der Waals surface area (Å²) in [5.41, 5.74) is 2.73. The Morgan fingerprint density at radius 1 is 1.30 bits per heavy atom. The van der Waals surface area contributed by atoms with E-state index in [1.165, 1.54) is 6.07 Å². The number of halogens is 2. The monoisotopic (exact) mass is 293 g/mol. The Hall–Kier alpha value is -1.61. The zero-order chi connectivity index (χ0) is 14.7. The number of aryl methyl sites for hydroxylation is 1. The summed E-state index contributed by atoms with van der Waals surface area (Å²) in [6, 6.07) is 7.39. The molecule has 0 fully saturated rings. The Morgan fingerprint density at radius 3 is 2.70 bits per heavy atom. The Balaban J connectivity index is 2.41. The number of nitrogens with zero attached hydrogens (tertiary/aromatic N) is 1. The minimum atomic E-state index is -0.415. The van der Waals surface area contributed by atoms with Gasteiger partial charge in [0, 0.05) is 5.56 Å². The molecule has 2 rings (SSSR count). The van der Waals surface area contributed by atoms with E-state index >= 15 is 0 Å². The van der Waals surface area contributed by atoms with E-state index < -0.39 is 5.82 Å². The van der Waals surface area contributed by atoms with Crippen molar-refractivity contribution < 1.29 is 9.13 Å². The summed E-state index contributed by atoms with van der Waals surface area (Å²) in [6.45, 7) is 6.19. The lowest BCUT2D eigenvalue weighted by Gasteiger charge is -2.15. The average Bonchev–Trinajstić information content (AvgIpc) is 2.40. The summed E-state index contributed by atoms with van der Waals surface area (Å²) in [5.74, 6) is 1.16. The van der Waals surface area contributed by atoms with Crippen molar-refractivity contribution in [2.75, 3.05) is 0 Å². The molecule has 0 aliphatic rings. The largest absolute Gasteiger partial charge is 0.438 e. The lowest BCUT2D eigenvalue weighted by Crippen LogP contribution is -1.99. The van der Waals surface area contributed by atoms with Crippen molar-refractivity contribution in [3.8, 4) is 11.6 Å². The van der Waals surface area contributed by atoms with Gasteiger partial charge in [-0.25, -0.2) is 9.37 Å². The van der Waals surface area contributed by atoms with Gasteiger partial charge < -0.3 is 4.74 Å². The van der Waals surface area contributed by atoms with Crippen LogP contribution in [-0.2, 0) is 5.88 Å². The topological polar surface area (TPSA) is 22.1 Å². The van der Waals surface area contributed by atoms with Crippen molar-refractivity contribution in [1.29, 1.82) is 0 Å². The molecule has 0 aliphatic heterocycles. The predicted molar refractivity (Wildman–Crippen MR) is 79.1 cm³/mol. The van der Waals surface area contributed by atoms with E-state index in [1.807, 2.05) is 25.1 Å². The molecule has 1 aromatic heterocycles. The fourth-order valence-corrected chi connectivity index (χ4v) is 2.16. The Morgan fingerprint density at radius 2 is 2.05 bits per heavy atom. The molecule has 0 saturated heterocycles. The smallest absolute Gasteiger partial charge is 0.223 e. The number of benzene rings is 1. The number of pyridine rings is 1. The first-order chi connectivity index (χ1) is 9.51. The maximum atomic E-state index is 13.2. The molecule has 20 heavy (non-hydrogen) atoms. The normalized spacial score (nSPS) is 10.9. The van der Waals surface area contributed by atoms with Gasteiger partial charge in [0.15, 0.2) is 0 Å². The minimum absolute atomic E-state index is 0.156. The highest BCUT2D eigenvalue weighted by Crippen LogP contribution is 2.32.